The molecule has 0 bridgehead atoms. The number of likely N-dealkylation sites (tertiary alicyclic amines) is 1. The molecule has 2 aliphatic rings. The zero-order chi connectivity index (χ0) is 19.0. The molecule has 0 radical (unpaired) electrons. The highest BCUT2D eigenvalue weighted by Gasteiger charge is 2.32. The molecule has 0 atom stereocenters. The van der Waals surface area contributed by atoms with Gasteiger partial charge in [0.15, 0.2) is 6.61 Å². The minimum absolute atomic E-state index is 0.0108. The molecule has 140 valence electrons. The molecule has 1 saturated heterocycles. The Morgan fingerprint density at radius 1 is 1.22 bits per heavy atom. The lowest BCUT2D eigenvalue weighted by atomic mass is 10.1. The number of nitrogens with one attached hydrogen (secondary N) is 1. The van der Waals surface area contributed by atoms with E-state index in [-0.39, 0.29) is 24.5 Å². The van der Waals surface area contributed by atoms with Gasteiger partial charge in [0, 0.05) is 28.7 Å². The Balaban J connectivity index is 1.32. The number of hydrogen-bond acceptors (Lipinski definition) is 4. The summed E-state index contributed by atoms with van der Waals surface area (Å²) in [5, 5.41) is 3.85. The van der Waals surface area contributed by atoms with Crippen LogP contribution in [0, 0.1) is 0 Å². The summed E-state index contributed by atoms with van der Waals surface area (Å²) < 4.78 is 11.1. The van der Waals surface area contributed by atoms with Gasteiger partial charge in [-0.05, 0) is 35.9 Å². The summed E-state index contributed by atoms with van der Waals surface area (Å²) in [6.45, 7) is 1.36. The fourth-order valence-corrected chi connectivity index (χ4v) is 3.42. The smallest absolute Gasteiger partial charge is 0.262 e. The maximum atomic E-state index is 12.6. The van der Waals surface area contributed by atoms with Crippen molar-refractivity contribution in [2.45, 2.75) is 12.7 Å². The first-order chi connectivity index (χ1) is 13.0. The fraction of sp³-hybridized carbons (Fsp3) is 0.263. The number of ether oxygens (including phenoxy) is 2. The van der Waals surface area contributed by atoms with E-state index < -0.39 is 0 Å². The van der Waals surface area contributed by atoms with Gasteiger partial charge in [-0.1, -0.05) is 29.3 Å². The van der Waals surface area contributed by atoms with E-state index in [2.05, 4.69) is 5.32 Å². The van der Waals surface area contributed by atoms with Gasteiger partial charge in [0.2, 0.25) is 0 Å². The van der Waals surface area contributed by atoms with Crippen LogP contribution in [-0.4, -0.2) is 42.5 Å². The topological polar surface area (TPSA) is 67.9 Å². The van der Waals surface area contributed by atoms with Crippen LogP contribution in [0.2, 0.25) is 10.0 Å². The highest BCUT2D eigenvalue weighted by atomic mass is 35.5. The van der Waals surface area contributed by atoms with Gasteiger partial charge in [-0.15, -0.1) is 0 Å². The molecule has 0 aromatic heterocycles. The second-order valence-electron chi connectivity index (χ2n) is 6.43. The summed E-state index contributed by atoms with van der Waals surface area (Å²) in [7, 11) is 0. The van der Waals surface area contributed by atoms with E-state index >= 15 is 0 Å². The number of carbonyl (C=O) groups excluding carboxylic acids is 2. The Bertz CT molecular complexity index is 913. The van der Waals surface area contributed by atoms with Gasteiger partial charge in [0.05, 0.1) is 18.4 Å². The van der Waals surface area contributed by atoms with Crippen molar-refractivity contribution in [2.75, 3.05) is 25.0 Å². The molecule has 2 amide bonds. The molecule has 27 heavy (non-hydrogen) atoms. The lowest BCUT2D eigenvalue weighted by Gasteiger charge is -2.39. The normalized spacial score (nSPS) is 16.2. The zero-order valence-electron chi connectivity index (χ0n) is 14.2. The molecule has 2 aliphatic heterocycles. The first kappa shape index (κ1) is 18.1. The molecule has 0 saturated carbocycles. The SMILES string of the molecule is O=C1COc2ccc(C(=O)N3CC(OCc4ccc(Cl)cc4Cl)C3)cc2N1. The minimum Gasteiger partial charge on any atom is -0.482 e. The van der Waals surface area contributed by atoms with E-state index in [9.17, 15) is 9.59 Å². The van der Waals surface area contributed by atoms with E-state index in [0.29, 0.717) is 46.7 Å². The Kier molecular flexibility index (Phi) is 4.95. The van der Waals surface area contributed by atoms with Gasteiger partial charge in [-0.2, -0.15) is 0 Å². The van der Waals surface area contributed by atoms with Crippen LogP contribution in [0.25, 0.3) is 0 Å². The van der Waals surface area contributed by atoms with Gasteiger partial charge < -0.3 is 19.7 Å². The number of rotatable bonds is 4. The van der Waals surface area contributed by atoms with Gasteiger partial charge in [-0.3, -0.25) is 9.59 Å². The first-order valence-corrected chi connectivity index (χ1v) is 9.17. The van der Waals surface area contributed by atoms with Gasteiger partial charge >= 0.3 is 0 Å². The van der Waals surface area contributed by atoms with E-state index in [1.165, 1.54) is 0 Å². The Labute approximate surface area is 165 Å². The quantitative estimate of drug-likeness (QED) is 0.844. The number of fused-ring (bicyclic) bond motifs is 1. The van der Waals surface area contributed by atoms with Gasteiger partial charge in [0.1, 0.15) is 5.75 Å². The fourth-order valence-electron chi connectivity index (χ4n) is 2.95. The first-order valence-electron chi connectivity index (χ1n) is 8.41. The summed E-state index contributed by atoms with van der Waals surface area (Å²) in [5.41, 5.74) is 1.87. The van der Waals surface area contributed by atoms with Crippen LogP contribution in [0.3, 0.4) is 0 Å². The molecular weight excluding hydrogens is 391 g/mol. The molecule has 2 heterocycles. The molecule has 2 aromatic carbocycles. The number of hydrogen-bond donors (Lipinski definition) is 1. The van der Waals surface area contributed by atoms with Crippen LogP contribution in [0.5, 0.6) is 5.75 Å². The van der Waals surface area contributed by atoms with Crippen LogP contribution in [0.1, 0.15) is 15.9 Å². The van der Waals surface area contributed by atoms with Crippen molar-refractivity contribution in [3.05, 3.63) is 57.6 Å². The van der Waals surface area contributed by atoms with E-state index in [1.54, 1.807) is 35.2 Å². The number of anilines is 1. The highest BCUT2D eigenvalue weighted by Crippen LogP contribution is 2.30. The van der Waals surface area contributed by atoms with Crippen molar-refractivity contribution in [3.63, 3.8) is 0 Å². The maximum absolute atomic E-state index is 12.6. The number of nitrogens with zero attached hydrogens (tertiary/aromatic N) is 1. The molecule has 1 fully saturated rings. The lowest BCUT2D eigenvalue weighted by Crippen LogP contribution is -2.54. The average molecular weight is 407 g/mol. The molecule has 2 aromatic rings. The Hall–Kier alpha value is -2.28. The van der Waals surface area contributed by atoms with Crippen LogP contribution in [-0.2, 0) is 16.1 Å². The predicted molar refractivity (Wildman–Crippen MR) is 102 cm³/mol. The predicted octanol–water partition coefficient (Wildman–Crippen LogP) is 3.37. The molecule has 8 heteroatoms. The average Bonchev–Trinajstić information content (AvgIpc) is 2.61. The van der Waals surface area contributed by atoms with Crippen molar-refractivity contribution in [1.82, 2.24) is 4.90 Å². The molecular formula is C19H16Cl2N2O4. The van der Waals surface area contributed by atoms with Crippen LogP contribution < -0.4 is 10.1 Å². The third-order valence-electron chi connectivity index (χ3n) is 4.48. The molecule has 0 aliphatic carbocycles. The van der Waals surface area contributed by atoms with Crippen molar-refractivity contribution in [1.29, 1.82) is 0 Å². The summed E-state index contributed by atoms with van der Waals surface area (Å²) in [5.74, 6) is 0.225. The van der Waals surface area contributed by atoms with E-state index in [1.807, 2.05) is 6.07 Å². The molecule has 6 nitrogen and oxygen atoms in total. The third kappa shape index (κ3) is 3.88. The molecule has 1 N–H and O–H groups in total. The summed E-state index contributed by atoms with van der Waals surface area (Å²) >= 11 is 12.0. The largest absolute Gasteiger partial charge is 0.482 e. The van der Waals surface area contributed by atoms with E-state index in [0.717, 1.165) is 5.56 Å². The van der Waals surface area contributed by atoms with Crippen LogP contribution in [0.4, 0.5) is 5.69 Å². The highest BCUT2D eigenvalue weighted by molar-refractivity contribution is 6.35. The number of amides is 2. The maximum Gasteiger partial charge on any atom is 0.262 e. The summed E-state index contributed by atoms with van der Waals surface area (Å²) in [6, 6.07) is 10.3. The van der Waals surface area contributed by atoms with E-state index in [4.69, 9.17) is 32.7 Å². The van der Waals surface area contributed by atoms with Gasteiger partial charge in [-0.25, -0.2) is 0 Å². The van der Waals surface area contributed by atoms with Crippen molar-refractivity contribution < 1.29 is 19.1 Å². The molecule has 4 rings (SSSR count). The van der Waals surface area contributed by atoms with Crippen LogP contribution in [0.15, 0.2) is 36.4 Å². The Morgan fingerprint density at radius 3 is 2.81 bits per heavy atom. The van der Waals surface area contributed by atoms with Crippen LogP contribution >= 0.6 is 23.2 Å². The number of carbonyl (C=O) groups is 2. The monoisotopic (exact) mass is 406 g/mol. The number of halogens is 2. The lowest BCUT2D eigenvalue weighted by molar-refractivity contribution is -0.118. The minimum atomic E-state index is -0.231. The van der Waals surface area contributed by atoms with Crippen molar-refractivity contribution in [3.8, 4) is 5.75 Å². The summed E-state index contributed by atoms with van der Waals surface area (Å²) in [4.78, 5) is 25.7. The second kappa shape index (κ2) is 7.38. The Morgan fingerprint density at radius 2 is 2.04 bits per heavy atom. The summed E-state index contributed by atoms with van der Waals surface area (Å²) in [6.07, 6.45) is -0.0404. The van der Waals surface area contributed by atoms with Gasteiger partial charge in [0.25, 0.3) is 11.8 Å². The number of benzene rings is 2. The zero-order valence-corrected chi connectivity index (χ0v) is 15.7. The third-order valence-corrected chi connectivity index (χ3v) is 5.07. The van der Waals surface area contributed by atoms with Crippen molar-refractivity contribution >= 4 is 40.7 Å². The molecule has 0 spiro atoms. The molecule has 0 unspecified atom stereocenters. The standard InChI is InChI=1S/C19H16Cl2N2O4/c20-13-3-1-12(15(21)6-13)9-26-14-7-23(8-14)19(25)11-2-4-17-16(5-11)22-18(24)10-27-17/h1-6,14H,7-10H2,(H,22,24). The van der Waals surface area contributed by atoms with Crippen molar-refractivity contribution in [2.24, 2.45) is 0 Å². The second-order valence-corrected chi connectivity index (χ2v) is 7.27.